The van der Waals surface area contributed by atoms with Gasteiger partial charge in [0.1, 0.15) is 61.0 Å². The second-order valence-corrected chi connectivity index (χ2v) is 24.1. The Hall–Kier alpha value is -2.90. The molecule has 3 heterocycles. The van der Waals surface area contributed by atoms with Crippen LogP contribution in [0.15, 0.2) is 11.6 Å². The zero-order valence-corrected chi connectivity index (χ0v) is 42.0. The number of carboxylic acids is 3. The van der Waals surface area contributed by atoms with Crippen LogP contribution in [0.5, 0.6) is 0 Å². The van der Waals surface area contributed by atoms with E-state index < -0.39 is 144 Å². The molecule has 25 atom stereocenters. The lowest BCUT2D eigenvalue weighted by Crippen LogP contribution is -2.68. The van der Waals surface area contributed by atoms with Crippen molar-refractivity contribution in [1.29, 1.82) is 0 Å². The second-order valence-electron chi connectivity index (χ2n) is 24.1. The van der Waals surface area contributed by atoms with Crippen molar-refractivity contribution >= 4 is 23.9 Å². The number of hydrogen-bond acceptors (Lipinski definition) is 18. The van der Waals surface area contributed by atoms with Crippen molar-refractivity contribution in [1.82, 2.24) is 0 Å². The molecule has 71 heavy (non-hydrogen) atoms. The maximum Gasteiger partial charge on any atom is 0.335 e. The number of carbonyl (C=O) groups excluding carboxylic acids is 1. The number of aliphatic hydroxyl groups excluding tert-OH is 7. The fourth-order valence-corrected chi connectivity index (χ4v) is 15.4. The zero-order chi connectivity index (χ0) is 52.5. The number of aliphatic carboxylic acids is 3. The van der Waals surface area contributed by atoms with Crippen LogP contribution in [-0.4, -0.2) is 179 Å². The van der Waals surface area contributed by atoms with Crippen molar-refractivity contribution in [2.45, 2.75) is 224 Å². The third-order valence-corrected chi connectivity index (χ3v) is 19.9. The van der Waals surface area contributed by atoms with Crippen LogP contribution in [0.1, 0.15) is 120 Å². The molecule has 0 amide bonds. The first-order chi connectivity index (χ1) is 32.9. The number of rotatable bonds is 10. The Bertz CT molecular complexity index is 2100. The average molecular weight is 1010 g/mol. The lowest BCUT2D eigenvalue weighted by atomic mass is 9.33. The van der Waals surface area contributed by atoms with Crippen LogP contribution in [0, 0.1) is 50.2 Å². The Morgan fingerprint density at radius 2 is 1.15 bits per heavy atom. The molecule has 402 valence electrons. The highest BCUT2D eigenvalue weighted by atomic mass is 16.8. The second kappa shape index (κ2) is 18.7. The number of allylic oxidation sites excluding steroid dienone is 2. The summed E-state index contributed by atoms with van der Waals surface area (Å²) in [5.74, 6) is -4.64. The molecule has 0 aromatic heterocycles. The van der Waals surface area contributed by atoms with E-state index in [1.165, 1.54) is 19.4 Å². The molecule has 25 unspecified atom stereocenters. The Morgan fingerprint density at radius 1 is 0.592 bits per heavy atom. The molecule has 3 saturated heterocycles. The lowest BCUT2D eigenvalue weighted by molar-refractivity contribution is -0.392. The summed E-state index contributed by atoms with van der Waals surface area (Å²) in [6.07, 6.45) is -21.8. The van der Waals surface area contributed by atoms with Gasteiger partial charge in [0.2, 0.25) is 0 Å². The maximum absolute atomic E-state index is 12.9. The normalized spacial score (nSPS) is 52.6. The average Bonchev–Trinajstić information content (AvgIpc) is 3.28. The molecule has 10 N–H and O–H groups in total. The van der Waals surface area contributed by atoms with Crippen molar-refractivity contribution in [2.75, 3.05) is 0 Å². The van der Waals surface area contributed by atoms with Crippen LogP contribution in [-0.2, 0) is 52.3 Å². The summed E-state index contributed by atoms with van der Waals surface area (Å²) in [5, 5.41) is 107. The number of carbonyl (C=O) groups is 4. The largest absolute Gasteiger partial charge is 0.481 e. The molecule has 8 aliphatic rings. The van der Waals surface area contributed by atoms with E-state index in [0.29, 0.717) is 19.3 Å². The van der Waals surface area contributed by atoms with E-state index in [1.807, 2.05) is 0 Å². The van der Waals surface area contributed by atoms with Gasteiger partial charge in [0.05, 0.1) is 17.6 Å². The summed E-state index contributed by atoms with van der Waals surface area (Å²) in [7, 11) is 0. The molecule has 0 bridgehead atoms. The summed E-state index contributed by atoms with van der Waals surface area (Å²) in [6.45, 7) is 17.8. The van der Waals surface area contributed by atoms with E-state index in [0.717, 1.165) is 32.1 Å². The van der Waals surface area contributed by atoms with E-state index in [4.69, 9.17) is 33.2 Å². The monoisotopic (exact) mass is 1010 g/mol. The van der Waals surface area contributed by atoms with E-state index in [2.05, 4.69) is 47.6 Å². The Balaban J connectivity index is 1.07. The Morgan fingerprint density at radius 3 is 1.70 bits per heavy atom. The Kier molecular flexibility index (Phi) is 14.3. The van der Waals surface area contributed by atoms with Gasteiger partial charge in [0, 0.05) is 18.8 Å². The summed E-state index contributed by atoms with van der Waals surface area (Å²) in [4.78, 5) is 50.1. The van der Waals surface area contributed by atoms with Gasteiger partial charge in [-0.25, -0.2) is 9.59 Å². The van der Waals surface area contributed by atoms with Gasteiger partial charge in [-0.3, -0.25) is 9.59 Å². The van der Waals surface area contributed by atoms with E-state index >= 15 is 0 Å². The highest BCUT2D eigenvalue weighted by Crippen LogP contribution is 2.76. The SMILES string of the molecule is CC(=O)OC1CC(C)(C(=O)O)CC2C3=CCC4C5(C)CCC(OC6OC(C(=O)O)C(O)C(O)C6OC6OC(C(=O)O)C(O)C(O)C6OC6OC(C)C(O)C(O)C6O)C(C)(C)C5CCC4(C)C3(C)CCC12C. The number of esters is 1. The molecule has 21 heteroatoms. The minimum Gasteiger partial charge on any atom is -0.481 e. The van der Waals surface area contributed by atoms with Gasteiger partial charge in [-0.2, -0.15) is 0 Å². The van der Waals surface area contributed by atoms with E-state index in [1.54, 1.807) is 6.92 Å². The summed E-state index contributed by atoms with van der Waals surface area (Å²) in [5.41, 5.74) is -1.76. The van der Waals surface area contributed by atoms with Crippen LogP contribution in [0.25, 0.3) is 0 Å². The van der Waals surface area contributed by atoms with Gasteiger partial charge >= 0.3 is 23.9 Å². The number of carboxylic acid groups (broad SMARTS) is 3. The topological polar surface area (TPSA) is 335 Å². The first kappa shape index (κ1) is 54.4. The smallest absolute Gasteiger partial charge is 0.335 e. The van der Waals surface area contributed by atoms with Crippen molar-refractivity contribution in [3.05, 3.63) is 11.6 Å². The summed E-state index contributed by atoms with van der Waals surface area (Å²) < 4.78 is 41.7. The molecule has 0 aromatic rings. The molecular formula is C50H76O21. The molecular weight excluding hydrogens is 937 g/mol. The molecule has 4 saturated carbocycles. The molecule has 0 aromatic carbocycles. The van der Waals surface area contributed by atoms with E-state index in [9.17, 15) is 70.2 Å². The molecule has 0 spiro atoms. The minimum atomic E-state index is -2.16. The van der Waals surface area contributed by atoms with Gasteiger partial charge in [-0.05, 0) is 105 Å². The first-order valence-electron chi connectivity index (χ1n) is 25.1. The molecule has 5 aliphatic carbocycles. The Labute approximate surface area is 412 Å². The predicted molar refractivity (Wildman–Crippen MR) is 241 cm³/mol. The summed E-state index contributed by atoms with van der Waals surface area (Å²) >= 11 is 0. The van der Waals surface area contributed by atoms with Gasteiger partial charge in [-0.1, -0.05) is 53.2 Å². The highest BCUT2D eigenvalue weighted by Gasteiger charge is 2.70. The predicted octanol–water partition coefficient (Wildman–Crippen LogP) is 1.46. The van der Waals surface area contributed by atoms with Gasteiger partial charge in [0.15, 0.2) is 31.1 Å². The maximum atomic E-state index is 12.9. The molecule has 0 radical (unpaired) electrons. The number of ether oxygens (including phenoxy) is 7. The standard InChI is InChI=1S/C50H76O21/c1-20-28(52)29(53)34(58)41(65-20)70-38-33(57)31(55)36(40(61)62)69-43(38)71-37-32(56)30(54)35(39(59)60)68-42(37)67-26-13-14-48(7)24(45(26,3)4)12-15-50(9)25(48)11-10-22-23-18-46(5,44(63)64)19-27(66-21(2)51)47(23,6)16-17-49(22,50)8/h10,20,23-38,41-43,52-58H,11-19H2,1-9H3,(H,59,60)(H,61,62)(H,63,64). The fraction of sp³-hybridized carbons (Fsp3) is 0.880. The fourth-order valence-electron chi connectivity index (χ4n) is 15.4. The van der Waals surface area contributed by atoms with Crippen molar-refractivity contribution in [3.8, 4) is 0 Å². The lowest BCUT2D eigenvalue weighted by Gasteiger charge is -2.71. The molecule has 3 aliphatic heterocycles. The van der Waals surface area contributed by atoms with Crippen molar-refractivity contribution in [2.24, 2.45) is 50.2 Å². The number of fused-ring (bicyclic) bond motifs is 7. The highest BCUT2D eigenvalue weighted by molar-refractivity contribution is 5.75. The third-order valence-electron chi connectivity index (χ3n) is 19.9. The zero-order valence-electron chi connectivity index (χ0n) is 42.0. The molecule has 21 nitrogen and oxygen atoms in total. The molecule has 8 rings (SSSR count). The van der Waals surface area contributed by atoms with Crippen LogP contribution >= 0.6 is 0 Å². The van der Waals surface area contributed by atoms with E-state index in [-0.39, 0.29) is 40.4 Å². The molecule has 7 fully saturated rings. The van der Waals surface area contributed by atoms with Gasteiger partial charge in [0.25, 0.3) is 0 Å². The summed E-state index contributed by atoms with van der Waals surface area (Å²) in [6, 6.07) is 0. The van der Waals surface area contributed by atoms with Gasteiger partial charge in [-0.15, -0.1) is 0 Å². The number of hydrogen-bond donors (Lipinski definition) is 10. The van der Waals surface area contributed by atoms with Gasteiger partial charge < -0.3 is 84.2 Å². The van der Waals surface area contributed by atoms with Crippen molar-refractivity contribution < 1.29 is 103 Å². The van der Waals surface area contributed by atoms with Crippen LogP contribution in [0.4, 0.5) is 0 Å². The minimum absolute atomic E-state index is 0.0110. The first-order valence-corrected chi connectivity index (χ1v) is 25.1. The quantitative estimate of drug-likeness (QED) is 0.0841. The van der Waals surface area contributed by atoms with Crippen LogP contribution < -0.4 is 0 Å². The number of aliphatic hydroxyl groups is 7. The van der Waals surface area contributed by atoms with Crippen LogP contribution in [0.2, 0.25) is 0 Å². The third kappa shape index (κ3) is 8.58. The van der Waals surface area contributed by atoms with Crippen LogP contribution in [0.3, 0.4) is 0 Å². The van der Waals surface area contributed by atoms with Crippen molar-refractivity contribution in [3.63, 3.8) is 0 Å².